The summed E-state index contributed by atoms with van der Waals surface area (Å²) in [5.41, 5.74) is 2.16. The Morgan fingerprint density at radius 2 is 1.73 bits per heavy atom. The van der Waals surface area contributed by atoms with Gasteiger partial charge in [-0.1, -0.05) is 13.8 Å². The Morgan fingerprint density at radius 3 is 2.33 bits per heavy atom. The molecule has 0 saturated heterocycles. The molecule has 0 radical (unpaired) electrons. The van der Waals surface area contributed by atoms with E-state index in [1.807, 2.05) is 26.0 Å². The van der Waals surface area contributed by atoms with Crippen LogP contribution in [0, 0.1) is 5.92 Å². The SMILES string of the molecule is CC(C)[C@H](CO)Nc1nc(Nc2ccc(OC(F)F)cc2)cc(-c2ccncc2)n1. The van der Waals surface area contributed by atoms with Crippen molar-refractivity contribution in [3.05, 3.63) is 54.9 Å². The first-order valence-electron chi connectivity index (χ1n) is 9.43. The monoisotopic (exact) mass is 415 g/mol. The summed E-state index contributed by atoms with van der Waals surface area (Å²) in [6.45, 7) is 1.04. The summed E-state index contributed by atoms with van der Waals surface area (Å²) in [4.78, 5) is 13.1. The summed E-state index contributed by atoms with van der Waals surface area (Å²) in [7, 11) is 0. The van der Waals surface area contributed by atoms with E-state index >= 15 is 0 Å². The Balaban J connectivity index is 1.89. The number of rotatable bonds is 9. The Hall–Kier alpha value is -3.33. The van der Waals surface area contributed by atoms with E-state index in [2.05, 4.69) is 30.3 Å². The first-order valence-corrected chi connectivity index (χ1v) is 9.43. The van der Waals surface area contributed by atoms with Crippen molar-refractivity contribution < 1.29 is 18.6 Å². The molecule has 3 aromatic rings. The largest absolute Gasteiger partial charge is 0.435 e. The van der Waals surface area contributed by atoms with E-state index in [0.29, 0.717) is 23.1 Å². The summed E-state index contributed by atoms with van der Waals surface area (Å²) >= 11 is 0. The number of pyridine rings is 1. The van der Waals surface area contributed by atoms with E-state index in [1.54, 1.807) is 30.6 Å². The minimum absolute atomic E-state index is 0.0606. The molecular formula is C21H23F2N5O2. The number of alkyl halides is 2. The molecule has 2 aromatic heterocycles. The molecule has 0 fully saturated rings. The van der Waals surface area contributed by atoms with Crippen LogP contribution in [0.3, 0.4) is 0 Å². The average Bonchev–Trinajstić information content (AvgIpc) is 2.73. The Kier molecular flexibility index (Phi) is 7.08. The lowest BCUT2D eigenvalue weighted by molar-refractivity contribution is -0.0498. The Labute approximate surface area is 173 Å². The van der Waals surface area contributed by atoms with Crippen LogP contribution in [0.25, 0.3) is 11.3 Å². The molecule has 0 bridgehead atoms. The van der Waals surface area contributed by atoms with Crippen LogP contribution in [-0.2, 0) is 0 Å². The number of aliphatic hydroxyl groups is 1. The predicted octanol–water partition coefficient (Wildman–Crippen LogP) is 4.31. The van der Waals surface area contributed by atoms with Gasteiger partial charge in [0.2, 0.25) is 5.95 Å². The number of ether oxygens (including phenoxy) is 1. The number of halogens is 2. The third-order valence-electron chi connectivity index (χ3n) is 4.37. The average molecular weight is 415 g/mol. The van der Waals surface area contributed by atoms with Crippen LogP contribution >= 0.6 is 0 Å². The van der Waals surface area contributed by atoms with Crippen molar-refractivity contribution in [1.29, 1.82) is 0 Å². The standard InChI is InChI=1S/C21H23F2N5O2/c1-13(2)18(12-29)27-21-26-17(14-7-9-24-10-8-14)11-19(28-21)25-15-3-5-16(6-4-15)30-20(22)23/h3-11,13,18,20,29H,12H2,1-2H3,(H2,25,26,27,28)/t18-/m0/s1. The van der Waals surface area contributed by atoms with E-state index in [0.717, 1.165) is 5.56 Å². The molecule has 0 aliphatic carbocycles. The summed E-state index contributed by atoms with van der Waals surface area (Å²) in [6, 6.07) is 11.3. The Morgan fingerprint density at radius 1 is 1.03 bits per heavy atom. The quantitative estimate of drug-likeness (QED) is 0.479. The molecule has 0 spiro atoms. The number of aromatic nitrogens is 3. The maximum Gasteiger partial charge on any atom is 0.387 e. The lowest BCUT2D eigenvalue weighted by atomic mass is 10.1. The zero-order valence-electron chi connectivity index (χ0n) is 16.6. The van der Waals surface area contributed by atoms with E-state index in [-0.39, 0.29) is 24.3 Å². The molecule has 2 heterocycles. The fourth-order valence-corrected chi connectivity index (χ4v) is 2.70. The first-order chi connectivity index (χ1) is 14.4. The maximum absolute atomic E-state index is 12.3. The number of nitrogens with zero attached hydrogens (tertiary/aromatic N) is 3. The third kappa shape index (κ3) is 5.84. The number of aliphatic hydroxyl groups excluding tert-OH is 1. The lowest BCUT2D eigenvalue weighted by Crippen LogP contribution is -2.30. The first kappa shape index (κ1) is 21.4. The fourth-order valence-electron chi connectivity index (χ4n) is 2.70. The van der Waals surface area contributed by atoms with Crippen LogP contribution in [-0.4, -0.2) is 39.3 Å². The molecule has 0 saturated carbocycles. The van der Waals surface area contributed by atoms with Gasteiger partial charge in [-0.2, -0.15) is 13.8 Å². The highest BCUT2D eigenvalue weighted by molar-refractivity contribution is 5.67. The summed E-state index contributed by atoms with van der Waals surface area (Å²) in [5.74, 6) is 1.10. The molecule has 0 amide bonds. The van der Waals surface area contributed by atoms with Gasteiger partial charge in [0.25, 0.3) is 0 Å². The molecule has 0 aliphatic heterocycles. The van der Waals surface area contributed by atoms with Crippen molar-refractivity contribution in [2.45, 2.75) is 26.5 Å². The number of anilines is 3. The van der Waals surface area contributed by atoms with Crippen molar-refractivity contribution in [2.75, 3.05) is 17.2 Å². The summed E-state index contributed by atoms with van der Waals surface area (Å²) in [5, 5.41) is 15.9. The van der Waals surface area contributed by atoms with Crippen LogP contribution in [0.2, 0.25) is 0 Å². The highest BCUT2D eigenvalue weighted by Gasteiger charge is 2.15. The van der Waals surface area contributed by atoms with E-state index in [9.17, 15) is 13.9 Å². The van der Waals surface area contributed by atoms with Crippen LogP contribution in [0.5, 0.6) is 5.75 Å². The van der Waals surface area contributed by atoms with Gasteiger partial charge in [0.15, 0.2) is 0 Å². The van der Waals surface area contributed by atoms with Crippen molar-refractivity contribution in [1.82, 2.24) is 15.0 Å². The highest BCUT2D eigenvalue weighted by atomic mass is 19.3. The van der Waals surface area contributed by atoms with Crippen molar-refractivity contribution >= 4 is 17.5 Å². The summed E-state index contributed by atoms with van der Waals surface area (Å²) in [6.07, 6.45) is 3.34. The fraction of sp³-hybridized carbons (Fsp3) is 0.286. The molecule has 0 unspecified atom stereocenters. The Bertz CT molecular complexity index is 940. The topological polar surface area (TPSA) is 92.2 Å². The molecule has 30 heavy (non-hydrogen) atoms. The van der Waals surface area contributed by atoms with Gasteiger partial charge >= 0.3 is 6.61 Å². The van der Waals surface area contributed by atoms with Gasteiger partial charge in [-0.05, 0) is 42.3 Å². The molecule has 3 N–H and O–H groups in total. The molecular weight excluding hydrogens is 392 g/mol. The predicted molar refractivity (Wildman–Crippen MR) is 111 cm³/mol. The van der Waals surface area contributed by atoms with Crippen molar-refractivity contribution in [3.63, 3.8) is 0 Å². The van der Waals surface area contributed by atoms with Crippen LogP contribution in [0.1, 0.15) is 13.8 Å². The zero-order valence-corrected chi connectivity index (χ0v) is 16.6. The van der Waals surface area contributed by atoms with Gasteiger partial charge < -0.3 is 20.5 Å². The van der Waals surface area contributed by atoms with Crippen LogP contribution in [0.15, 0.2) is 54.9 Å². The minimum atomic E-state index is -2.87. The minimum Gasteiger partial charge on any atom is -0.435 e. The van der Waals surface area contributed by atoms with Crippen LogP contribution in [0.4, 0.5) is 26.2 Å². The number of hydrogen-bond acceptors (Lipinski definition) is 7. The second-order valence-corrected chi connectivity index (χ2v) is 6.90. The maximum atomic E-state index is 12.3. The molecule has 1 aromatic carbocycles. The van der Waals surface area contributed by atoms with Gasteiger partial charge in [0, 0.05) is 29.7 Å². The van der Waals surface area contributed by atoms with E-state index in [4.69, 9.17) is 0 Å². The molecule has 0 aliphatic rings. The van der Waals surface area contributed by atoms with E-state index < -0.39 is 6.61 Å². The zero-order chi connectivity index (χ0) is 21.5. The normalized spacial score (nSPS) is 12.1. The molecule has 1 atom stereocenters. The number of hydrogen-bond donors (Lipinski definition) is 3. The lowest BCUT2D eigenvalue weighted by Gasteiger charge is -2.20. The molecule has 7 nitrogen and oxygen atoms in total. The highest BCUT2D eigenvalue weighted by Crippen LogP contribution is 2.25. The van der Waals surface area contributed by atoms with Gasteiger partial charge in [-0.3, -0.25) is 4.98 Å². The molecule has 3 rings (SSSR count). The van der Waals surface area contributed by atoms with Gasteiger partial charge in [-0.15, -0.1) is 0 Å². The third-order valence-corrected chi connectivity index (χ3v) is 4.37. The van der Waals surface area contributed by atoms with Gasteiger partial charge in [0.1, 0.15) is 11.6 Å². The number of nitrogens with one attached hydrogen (secondary N) is 2. The molecule has 158 valence electrons. The van der Waals surface area contributed by atoms with Gasteiger partial charge in [0.05, 0.1) is 18.3 Å². The second kappa shape index (κ2) is 9.93. The van der Waals surface area contributed by atoms with Crippen LogP contribution < -0.4 is 15.4 Å². The molecule has 9 heteroatoms. The van der Waals surface area contributed by atoms with Crippen molar-refractivity contribution in [3.8, 4) is 17.0 Å². The summed E-state index contributed by atoms with van der Waals surface area (Å²) < 4.78 is 29.0. The van der Waals surface area contributed by atoms with Gasteiger partial charge in [-0.25, -0.2) is 4.98 Å². The van der Waals surface area contributed by atoms with E-state index in [1.165, 1.54) is 12.1 Å². The number of benzene rings is 1. The van der Waals surface area contributed by atoms with Crippen molar-refractivity contribution in [2.24, 2.45) is 5.92 Å². The smallest absolute Gasteiger partial charge is 0.387 e. The second-order valence-electron chi connectivity index (χ2n) is 6.90.